The van der Waals surface area contributed by atoms with Crippen LogP contribution in [0.25, 0.3) is 0 Å². The number of hydrogen-bond donors (Lipinski definition) is 1. The first-order chi connectivity index (χ1) is 6.27. The van der Waals surface area contributed by atoms with Crippen LogP contribution in [-0.2, 0) is 0 Å². The van der Waals surface area contributed by atoms with Crippen molar-refractivity contribution in [2.24, 2.45) is 0 Å². The van der Waals surface area contributed by atoms with Gasteiger partial charge < -0.3 is 10.1 Å². The molecule has 0 saturated heterocycles. The Morgan fingerprint density at radius 1 is 1.77 bits per heavy atom. The Morgan fingerprint density at radius 2 is 2.54 bits per heavy atom. The quantitative estimate of drug-likeness (QED) is 0.821. The highest BCUT2D eigenvalue weighted by atomic mass is 79.9. The highest BCUT2D eigenvalue weighted by molar-refractivity contribution is 9.10. The molecule has 13 heavy (non-hydrogen) atoms. The molecule has 0 aliphatic carbocycles. The average Bonchev–Trinajstić information content (AvgIpc) is 2.17. The van der Waals surface area contributed by atoms with Crippen molar-refractivity contribution in [2.45, 2.75) is 0 Å². The lowest BCUT2D eigenvalue weighted by atomic mass is 10.6. The Bertz CT molecular complexity index is 303. The molecule has 1 N–H and O–H groups in total. The molecule has 70 valence electrons. The Morgan fingerprint density at radius 3 is 3.15 bits per heavy atom. The summed E-state index contributed by atoms with van der Waals surface area (Å²) in [5.74, 6) is 1.04. The number of hydrogen-bond acceptors (Lipinski definition) is 4. The van der Waals surface area contributed by atoms with Crippen LogP contribution < -0.4 is 10.1 Å². The molecule has 0 bridgehead atoms. The van der Waals surface area contributed by atoms with Crippen LogP contribution in [0.3, 0.4) is 0 Å². The minimum atomic E-state index is 0.429. The van der Waals surface area contributed by atoms with Gasteiger partial charge in [-0.3, -0.25) is 0 Å². The second-order valence-corrected chi connectivity index (χ2v) is 3.05. The van der Waals surface area contributed by atoms with E-state index in [1.807, 2.05) is 0 Å². The summed E-state index contributed by atoms with van der Waals surface area (Å²) in [6.45, 7) is 3.98. The van der Waals surface area contributed by atoms with Crippen molar-refractivity contribution in [1.82, 2.24) is 9.97 Å². The van der Waals surface area contributed by atoms with Gasteiger partial charge in [-0.1, -0.05) is 12.7 Å². The van der Waals surface area contributed by atoms with Crippen molar-refractivity contribution in [3.63, 3.8) is 0 Å². The topological polar surface area (TPSA) is 47.0 Å². The van der Waals surface area contributed by atoms with Gasteiger partial charge in [-0.05, 0) is 15.9 Å². The van der Waals surface area contributed by atoms with E-state index < -0.39 is 0 Å². The monoisotopic (exact) mass is 243 g/mol. The molecule has 0 spiro atoms. The van der Waals surface area contributed by atoms with Crippen molar-refractivity contribution in [3.8, 4) is 5.88 Å². The zero-order valence-corrected chi connectivity index (χ0v) is 8.84. The first-order valence-electron chi connectivity index (χ1n) is 3.72. The van der Waals surface area contributed by atoms with Gasteiger partial charge in [-0.15, -0.1) is 0 Å². The van der Waals surface area contributed by atoms with Crippen LogP contribution >= 0.6 is 15.9 Å². The second-order valence-electron chi connectivity index (χ2n) is 2.20. The maximum absolute atomic E-state index is 5.27. The van der Waals surface area contributed by atoms with Crippen LogP contribution in [0.5, 0.6) is 5.88 Å². The molecule has 0 fully saturated rings. The fourth-order valence-corrected chi connectivity index (χ4v) is 1.02. The molecule has 0 amide bonds. The van der Waals surface area contributed by atoms with Gasteiger partial charge >= 0.3 is 0 Å². The standard InChI is InChI=1S/C8H10BrN3O/c1-3-4-13-7-6(9)5-11-8(10-2)12-7/h3,5H,1,4H2,2H3,(H,10,11,12). The van der Waals surface area contributed by atoms with E-state index in [2.05, 4.69) is 37.8 Å². The lowest BCUT2D eigenvalue weighted by Crippen LogP contribution is -2.01. The predicted molar refractivity (Wildman–Crippen MR) is 55.0 cm³/mol. The minimum Gasteiger partial charge on any atom is -0.473 e. The minimum absolute atomic E-state index is 0.429. The SMILES string of the molecule is C=CCOc1nc(NC)ncc1Br. The van der Waals surface area contributed by atoms with Gasteiger partial charge in [-0.2, -0.15) is 4.98 Å². The summed E-state index contributed by atoms with van der Waals surface area (Å²) in [6, 6.07) is 0. The van der Waals surface area contributed by atoms with Crippen molar-refractivity contribution in [1.29, 1.82) is 0 Å². The molecular weight excluding hydrogens is 234 g/mol. The first kappa shape index (κ1) is 9.98. The van der Waals surface area contributed by atoms with E-state index >= 15 is 0 Å². The molecule has 1 aromatic rings. The van der Waals surface area contributed by atoms with Crippen LogP contribution in [0.1, 0.15) is 0 Å². The van der Waals surface area contributed by atoms with Crippen LogP contribution in [0.4, 0.5) is 5.95 Å². The van der Waals surface area contributed by atoms with Gasteiger partial charge in [0.2, 0.25) is 11.8 Å². The van der Waals surface area contributed by atoms with Crippen LogP contribution in [0, 0.1) is 0 Å². The van der Waals surface area contributed by atoms with Crippen molar-refractivity contribution < 1.29 is 4.74 Å². The lowest BCUT2D eigenvalue weighted by Gasteiger charge is -2.05. The zero-order chi connectivity index (χ0) is 9.68. The summed E-state index contributed by atoms with van der Waals surface area (Å²) < 4.78 is 6.00. The average molecular weight is 244 g/mol. The number of anilines is 1. The molecule has 4 nitrogen and oxygen atoms in total. The van der Waals surface area contributed by atoms with Crippen LogP contribution in [0.2, 0.25) is 0 Å². The lowest BCUT2D eigenvalue weighted by molar-refractivity contribution is 0.346. The van der Waals surface area contributed by atoms with E-state index in [1.165, 1.54) is 0 Å². The fraction of sp³-hybridized carbons (Fsp3) is 0.250. The van der Waals surface area contributed by atoms with Crippen molar-refractivity contribution in [2.75, 3.05) is 19.0 Å². The molecule has 1 heterocycles. The molecular formula is C8H10BrN3O. The highest BCUT2D eigenvalue weighted by Crippen LogP contribution is 2.22. The number of nitrogens with zero attached hydrogens (tertiary/aromatic N) is 2. The fourth-order valence-electron chi connectivity index (χ4n) is 0.711. The van der Waals surface area contributed by atoms with E-state index in [9.17, 15) is 0 Å². The molecule has 0 aliphatic heterocycles. The van der Waals surface area contributed by atoms with Gasteiger partial charge in [0.15, 0.2) is 0 Å². The molecule has 0 saturated carbocycles. The van der Waals surface area contributed by atoms with E-state index in [0.717, 1.165) is 4.47 Å². The molecule has 1 aromatic heterocycles. The van der Waals surface area contributed by atoms with E-state index in [0.29, 0.717) is 18.4 Å². The number of halogens is 1. The summed E-state index contributed by atoms with van der Waals surface area (Å²) in [5, 5.41) is 2.82. The Labute approximate surface area is 85.2 Å². The van der Waals surface area contributed by atoms with Gasteiger partial charge in [0, 0.05) is 7.05 Å². The number of rotatable bonds is 4. The normalized spacial score (nSPS) is 9.38. The summed E-state index contributed by atoms with van der Waals surface area (Å²) in [4.78, 5) is 8.08. The van der Waals surface area contributed by atoms with Crippen molar-refractivity contribution in [3.05, 3.63) is 23.3 Å². The van der Waals surface area contributed by atoms with Crippen LogP contribution in [-0.4, -0.2) is 23.6 Å². The first-order valence-corrected chi connectivity index (χ1v) is 4.51. The van der Waals surface area contributed by atoms with Crippen LogP contribution in [0.15, 0.2) is 23.3 Å². The Hall–Kier alpha value is -1.10. The van der Waals surface area contributed by atoms with E-state index in [-0.39, 0.29) is 0 Å². The number of aromatic nitrogens is 2. The molecule has 0 aromatic carbocycles. The Balaban J connectivity index is 2.83. The molecule has 0 unspecified atom stereocenters. The summed E-state index contributed by atoms with van der Waals surface area (Å²) in [6.07, 6.45) is 3.30. The highest BCUT2D eigenvalue weighted by Gasteiger charge is 2.03. The number of nitrogens with one attached hydrogen (secondary N) is 1. The molecule has 0 atom stereocenters. The smallest absolute Gasteiger partial charge is 0.233 e. The van der Waals surface area contributed by atoms with E-state index in [4.69, 9.17) is 4.74 Å². The molecule has 1 rings (SSSR count). The summed E-state index contributed by atoms with van der Waals surface area (Å²) in [5.41, 5.74) is 0. The number of ether oxygens (including phenoxy) is 1. The molecule has 0 aliphatic rings. The molecule has 0 radical (unpaired) electrons. The van der Waals surface area contributed by atoms with Gasteiger partial charge in [0.05, 0.1) is 10.7 Å². The Kier molecular flexibility index (Phi) is 3.70. The summed E-state index contributed by atoms with van der Waals surface area (Å²) >= 11 is 3.28. The third-order valence-electron chi connectivity index (χ3n) is 1.27. The third kappa shape index (κ3) is 2.69. The van der Waals surface area contributed by atoms with Gasteiger partial charge in [0.1, 0.15) is 6.61 Å². The predicted octanol–water partition coefficient (Wildman–Crippen LogP) is 1.85. The van der Waals surface area contributed by atoms with Gasteiger partial charge in [0.25, 0.3) is 0 Å². The van der Waals surface area contributed by atoms with Crippen molar-refractivity contribution >= 4 is 21.9 Å². The van der Waals surface area contributed by atoms with Gasteiger partial charge in [-0.25, -0.2) is 4.98 Å². The molecule has 5 heteroatoms. The van der Waals surface area contributed by atoms with E-state index in [1.54, 1.807) is 19.3 Å². The maximum atomic E-state index is 5.27. The third-order valence-corrected chi connectivity index (χ3v) is 1.82. The zero-order valence-electron chi connectivity index (χ0n) is 7.25. The second kappa shape index (κ2) is 4.81. The maximum Gasteiger partial charge on any atom is 0.233 e. The summed E-state index contributed by atoms with van der Waals surface area (Å²) in [7, 11) is 1.75. The largest absolute Gasteiger partial charge is 0.473 e.